The average molecular weight is 453 g/mol. The van der Waals surface area contributed by atoms with Crippen LogP contribution in [0.3, 0.4) is 0 Å². The topological polar surface area (TPSA) is 59.2 Å². The van der Waals surface area contributed by atoms with Crippen molar-refractivity contribution in [2.24, 2.45) is 0 Å². The molecule has 5 nitrogen and oxygen atoms in total. The summed E-state index contributed by atoms with van der Waals surface area (Å²) in [6.45, 7) is 2.86. The summed E-state index contributed by atoms with van der Waals surface area (Å²) in [6, 6.07) is 12.5. The monoisotopic (exact) mass is 451 g/mol. The van der Waals surface area contributed by atoms with Crippen LogP contribution in [0.5, 0.6) is 0 Å². The number of aryl methyl sites for hydroxylation is 1. The third-order valence-corrected chi connectivity index (χ3v) is 5.28. The van der Waals surface area contributed by atoms with E-state index in [0.717, 1.165) is 12.0 Å². The number of aromatic nitrogens is 2. The number of hydrogen-bond donors (Lipinski definition) is 0. The quantitative estimate of drug-likeness (QED) is 0.416. The first-order valence-electron chi connectivity index (χ1n) is 9.27. The molecular formula is C21H20Cl3N3O2. The van der Waals surface area contributed by atoms with Crippen LogP contribution in [0.2, 0.25) is 15.1 Å². The normalized spacial score (nSPS) is 10.9. The minimum atomic E-state index is -0.00430. The van der Waals surface area contributed by atoms with Crippen molar-refractivity contribution in [1.82, 2.24) is 15.1 Å². The predicted molar refractivity (Wildman–Crippen MR) is 115 cm³/mol. The van der Waals surface area contributed by atoms with Crippen molar-refractivity contribution in [2.45, 2.75) is 32.7 Å². The van der Waals surface area contributed by atoms with Gasteiger partial charge in [-0.15, -0.1) is 10.2 Å². The van der Waals surface area contributed by atoms with Gasteiger partial charge in [0.05, 0.1) is 17.1 Å². The molecule has 1 aromatic heterocycles. The summed E-state index contributed by atoms with van der Waals surface area (Å²) in [7, 11) is 0. The molecule has 0 aliphatic carbocycles. The van der Waals surface area contributed by atoms with Gasteiger partial charge in [0, 0.05) is 23.0 Å². The second-order valence-corrected chi connectivity index (χ2v) is 7.78. The lowest BCUT2D eigenvalue weighted by atomic mass is 10.1. The SMILES string of the molecule is CCCN(Cc1nnc(-c2ccccc2Cl)o1)C(=O)CCc1ccc(Cl)cc1Cl. The first-order chi connectivity index (χ1) is 14.0. The summed E-state index contributed by atoms with van der Waals surface area (Å²) < 4.78 is 5.74. The van der Waals surface area contributed by atoms with Crippen LogP contribution >= 0.6 is 34.8 Å². The second kappa shape index (κ2) is 10.1. The van der Waals surface area contributed by atoms with E-state index in [2.05, 4.69) is 10.2 Å². The molecule has 0 bridgehead atoms. The fourth-order valence-electron chi connectivity index (χ4n) is 2.91. The number of halogens is 3. The van der Waals surface area contributed by atoms with Crippen LogP contribution in [0, 0.1) is 0 Å². The molecule has 0 spiro atoms. The van der Waals surface area contributed by atoms with Crippen LogP contribution in [-0.2, 0) is 17.8 Å². The highest BCUT2D eigenvalue weighted by Gasteiger charge is 2.18. The Morgan fingerprint density at radius 1 is 1.07 bits per heavy atom. The number of carbonyl (C=O) groups excluding carboxylic acids is 1. The largest absolute Gasteiger partial charge is 0.419 e. The Morgan fingerprint density at radius 2 is 1.86 bits per heavy atom. The lowest BCUT2D eigenvalue weighted by Gasteiger charge is -2.20. The Balaban J connectivity index is 1.66. The highest BCUT2D eigenvalue weighted by Crippen LogP contribution is 2.27. The molecule has 29 heavy (non-hydrogen) atoms. The molecular weight excluding hydrogens is 433 g/mol. The number of rotatable bonds is 8. The Labute approximate surface area is 184 Å². The lowest BCUT2D eigenvalue weighted by molar-refractivity contribution is -0.132. The van der Waals surface area contributed by atoms with E-state index in [1.165, 1.54) is 0 Å². The molecule has 0 N–H and O–H groups in total. The summed E-state index contributed by atoms with van der Waals surface area (Å²) in [5, 5.41) is 9.81. The van der Waals surface area contributed by atoms with Crippen LogP contribution in [-0.4, -0.2) is 27.5 Å². The van der Waals surface area contributed by atoms with Gasteiger partial charge in [0.15, 0.2) is 0 Å². The molecule has 0 radical (unpaired) electrons. The minimum Gasteiger partial charge on any atom is -0.419 e. The van der Waals surface area contributed by atoms with Crippen molar-refractivity contribution < 1.29 is 9.21 Å². The van der Waals surface area contributed by atoms with Crippen LogP contribution in [0.15, 0.2) is 46.9 Å². The van der Waals surface area contributed by atoms with Crippen molar-refractivity contribution in [2.75, 3.05) is 6.54 Å². The summed E-state index contributed by atoms with van der Waals surface area (Å²) in [4.78, 5) is 14.5. The molecule has 2 aromatic carbocycles. The fraction of sp³-hybridized carbons (Fsp3) is 0.286. The number of benzene rings is 2. The highest BCUT2D eigenvalue weighted by molar-refractivity contribution is 6.35. The maximum atomic E-state index is 12.8. The molecule has 0 aliphatic rings. The van der Waals surface area contributed by atoms with Crippen LogP contribution in [0.1, 0.15) is 31.2 Å². The molecule has 0 unspecified atom stereocenters. The minimum absolute atomic E-state index is 0.00430. The van der Waals surface area contributed by atoms with Gasteiger partial charge in [-0.1, -0.05) is 59.9 Å². The molecule has 1 heterocycles. The van der Waals surface area contributed by atoms with Gasteiger partial charge < -0.3 is 9.32 Å². The molecule has 0 saturated carbocycles. The summed E-state index contributed by atoms with van der Waals surface area (Å²) in [6.07, 6.45) is 1.68. The average Bonchev–Trinajstić information content (AvgIpc) is 3.15. The Hall–Kier alpha value is -2.08. The first kappa shape index (κ1) is 21.6. The maximum Gasteiger partial charge on any atom is 0.249 e. The lowest BCUT2D eigenvalue weighted by Crippen LogP contribution is -2.31. The highest BCUT2D eigenvalue weighted by atomic mass is 35.5. The molecule has 3 rings (SSSR count). The van der Waals surface area contributed by atoms with E-state index < -0.39 is 0 Å². The summed E-state index contributed by atoms with van der Waals surface area (Å²) in [5.74, 6) is 0.698. The smallest absolute Gasteiger partial charge is 0.249 e. The van der Waals surface area contributed by atoms with Gasteiger partial charge in [0.1, 0.15) is 0 Å². The van der Waals surface area contributed by atoms with Gasteiger partial charge in [0.2, 0.25) is 17.7 Å². The van der Waals surface area contributed by atoms with Crippen molar-refractivity contribution in [1.29, 1.82) is 0 Å². The van der Waals surface area contributed by atoms with Crippen LogP contribution in [0.4, 0.5) is 0 Å². The molecule has 1 amide bonds. The van der Waals surface area contributed by atoms with E-state index in [4.69, 9.17) is 39.2 Å². The maximum absolute atomic E-state index is 12.8. The number of hydrogen-bond acceptors (Lipinski definition) is 4. The van der Waals surface area contributed by atoms with Crippen molar-refractivity contribution in [3.05, 3.63) is 69.0 Å². The molecule has 3 aromatic rings. The number of carbonyl (C=O) groups is 1. The van der Waals surface area contributed by atoms with Gasteiger partial charge in [-0.3, -0.25) is 4.79 Å². The predicted octanol–water partition coefficient (Wildman–Crippen LogP) is 6.07. The first-order valence-corrected chi connectivity index (χ1v) is 10.4. The molecule has 0 saturated heterocycles. The number of amides is 1. The molecule has 0 atom stereocenters. The van der Waals surface area contributed by atoms with Gasteiger partial charge in [0.25, 0.3) is 0 Å². The van der Waals surface area contributed by atoms with Crippen LogP contribution < -0.4 is 0 Å². The standard InChI is InChI=1S/C21H20Cl3N3O2/c1-2-11-27(20(28)10-8-14-7-9-15(22)12-18(14)24)13-19-25-26-21(29-19)16-5-3-4-6-17(16)23/h3-7,9,12H,2,8,10-11,13H2,1H3. The van der Waals surface area contributed by atoms with E-state index in [1.54, 1.807) is 23.1 Å². The van der Waals surface area contributed by atoms with Crippen molar-refractivity contribution >= 4 is 40.7 Å². The zero-order chi connectivity index (χ0) is 20.8. The molecule has 152 valence electrons. The summed E-state index contributed by atoms with van der Waals surface area (Å²) >= 11 is 18.3. The van der Waals surface area contributed by atoms with Gasteiger partial charge in [-0.2, -0.15) is 0 Å². The van der Waals surface area contributed by atoms with Crippen molar-refractivity contribution in [3.8, 4) is 11.5 Å². The Kier molecular flexibility index (Phi) is 7.53. The van der Waals surface area contributed by atoms with E-state index >= 15 is 0 Å². The Morgan fingerprint density at radius 3 is 2.59 bits per heavy atom. The summed E-state index contributed by atoms with van der Waals surface area (Å²) in [5.41, 5.74) is 1.55. The third-order valence-electron chi connectivity index (χ3n) is 4.37. The van der Waals surface area contributed by atoms with Gasteiger partial charge >= 0.3 is 0 Å². The zero-order valence-corrected chi connectivity index (χ0v) is 18.1. The zero-order valence-electron chi connectivity index (χ0n) is 15.9. The number of nitrogens with zero attached hydrogens (tertiary/aromatic N) is 3. The Bertz CT molecular complexity index is 991. The van der Waals surface area contributed by atoms with E-state index in [9.17, 15) is 4.79 Å². The van der Waals surface area contributed by atoms with Gasteiger partial charge in [-0.05, 0) is 42.7 Å². The van der Waals surface area contributed by atoms with E-state index in [0.29, 0.717) is 51.8 Å². The molecule has 8 heteroatoms. The van der Waals surface area contributed by atoms with Gasteiger partial charge in [-0.25, -0.2) is 0 Å². The molecule has 0 aliphatic heterocycles. The third kappa shape index (κ3) is 5.72. The van der Waals surface area contributed by atoms with E-state index in [1.807, 2.05) is 31.2 Å². The fourth-order valence-corrected chi connectivity index (χ4v) is 3.63. The van der Waals surface area contributed by atoms with Crippen LogP contribution in [0.25, 0.3) is 11.5 Å². The van der Waals surface area contributed by atoms with E-state index in [-0.39, 0.29) is 12.5 Å². The molecule has 0 fully saturated rings. The second-order valence-electron chi connectivity index (χ2n) is 6.53. The van der Waals surface area contributed by atoms with Crippen molar-refractivity contribution in [3.63, 3.8) is 0 Å².